The molecule has 0 radical (unpaired) electrons. The Morgan fingerprint density at radius 1 is 1.22 bits per heavy atom. The number of nitrogens with two attached hydrogens (primary N) is 1. The maximum Gasteiger partial charge on any atom is 0.280 e. The number of hydrogen-bond acceptors (Lipinski definition) is 6. The van der Waals surface area contributed by atoms with Crippen molar-refractivity contribution in [3.05, 3.63) is 46.0 Å². The standard InChI is InChI=1S/C20H19F2N7O2S/c1-8-12(7-28(3)27-8)19(31)26-15-14-10(11-6-24-29(4)9(11)2)5-13(17(21)22)25-20(14)32-16(15)18(23)30/h5-7,17H,1-4H3,(H2,23,30)(H,26,31). The lowest BCUT2D eigenvalue weighted by Crippen LogP contribution is -2.17. The van der Waals surface area contributed by atoms with Crippen molar-refractivity contribution < 1.29 is 18.4 Å². The van der Waals surface area contributed by atoms with E-state index in [0.717, 1.165) is 11.3 Å². The van der Waals surface area contributed by atoms with Gasteiger partial charge in [-0.3, -0.25) is 19.0 Å². The third kappa shape index (κ3) is 3.51. The van der Waals surface area contributed by atoms with Gasteiger partial charge in [-0.15, -0.1) is 11.3 Å². The minimum absolute atomic E-state index is 0.0107. The van der Waals surface area contributed by atoms with E-state index in [1.54, 1.807) is 38.8 Å². The molecule has 0 atom stereocenters. The predicted octanol–water partition coefficient (Wildman–Crippen LogP) is 3.34. The average Bonchev–Trinajstić information content (AvgIpc) is 3.37. The zero-order valence-electron chi connectivity index (χ0n) is 17.6. The number of anilines is 1. The van der Waals surface area contributed by atoms with Gasteiger partial charge in [0.25, 0.3) is 18.2 Å². The van der Waals surface area contributed by atoms with E-state index < -0.39 is 23.9 Å². The molecular formula is C20H19F2N7O2S. The molecule has 0 aromatic carbocycles. The van der Waals surface area contributed by atoms with Crippen molar-refractivity contribution in [3.63, 3.8) is 0 Å². The quantitative estimate of drug-likeness (QED) is 0.474. The summed E-state index contributed by atoms with van der Waals surface area (Å²) in [4.78, 5) is 29.4. The number of nitrogens with zero attached hydrogens (tertiary/aromatic N) is 5. The van der Waals surface area contributed by atoms with Crippen molar-refractivity contribution in [3.8, 4) is 11.1 Å². The van der Waals surface area contributed by atoms with E-state index in [0.29, 0.717) is 33.5 Å². The first-order valence-corrected chi connectivity index (χ1v) is 10.3. The van der Waals surface area contributed by atoms with Crippen LogP contribution in [-0.4, -0.2) is 36.4 Å². The van der Waals surface area contributed by atoms with Crippen molar-refractivity contribution in [2.75, 3.05) is 5.32 Å². The monoisotopic (exact) mass is 459 g/mol. The lowest BCUT2D eigenvalue weighted by molar-refractivity contribution is 0.100. The summed E-state index contributed by atoms with van der Waals surface area (Å²) < 4.78 is 30.3. The van der Waals surface area contributed by atoms with Crippen molar-refractivity contribution in [2.45, 2.75) is 20.3 Å². The smallest absolute Gasteiger partial charge is 0.280 e. The van der Waals surface area contributed by atoms with Gasteiger partial charge in [0, 0.05) is 36.9 Å². The number of thiophene rings is 1. The minimum Gasteiger partial charge on any atom is -0.365 e. The second-order valence-corrected chi connectivity index (χ2v) is 8.27. The topological polar surface area (TPSA) is 121 Å². The van der Waals surface area contributed by atoms with Crippen LogP contribution in [0.5, 0.6) is 0 Å². The lowest BCUT2D eigenvalue weighted by atomic mass is 10.0. The number of carbonyl (C=O) groups excluding carboxylic acids is 2. The number of carbonyl (C=O) groups is 2. The second kappa shape index (κ2) is 7.79. The summed E-state index contributed by atoms with van der Waals surface area (Å²) in [6, 6.07) is 1.25. The summed E-state index contributed by atoms with van der Waals surface area (Å²) >= 11 is 0.850. The molecule has 4 heterocycles. The van der Waals surface area contributed by atoms with Crippen molar-refractivity contribution in [2.24, 2.45) is 19.8 Å². The van der Waals surface area contributed by atoms with E-state index >= 15 is 0 Å². The number of nitrogens with one attached hydrogen (secondary N) is 1. The van der Waals surface area contributed by atoms with Crippen LogP contribution in [0, 0.1) is 13.8 Å². The van der Waals surface area contributed by atoms with Gasteiger partial charge in [0.2, 0.25) is 0 Å². The third-order valence-electron chi connectivity index (χ3n) is 5.15. The van der Waals surface area contributed by atoms with Gasteiger partial charge in [0.05, 0.1) is 23.1 Å². The first-order chi connectivity index (χ1) is 15.1. The Kier molecular flexibility index (Phi) is 5.25. The summed E-state index contributed by atoms with van der Waals surface area (Å²) in [6.07, 6.45) is 0.255. The van der Waals surface area contributed by atoms with Gasteiger partial charge < -0.3 is 11.1 Å². The highest BCUT2D eigenvalue weighted by molar-refractivity contribution is 7.21. The largest absolute Gasteiger partial charge is 0.365 e. The first kappa shape index (κ1) is 21.6. The molecule has 2 amide bonds. The second-order valence-electron chi connectivity index (χ2n) is 7.27. The number of aromatic nitrogens is 5. The Balaban J connectivity index is 2.00. The van der Waals surface area contributed by atoms with E-state index in [9.17, 15) is 18.4 Å². The van der Waals surface area contributed by atoms with E-state index in [1.165, 1.54) is 16.9 Å². The van der Waals surface area contributed by atoms with Crippen LogP contribution in [-0.2, 0) is 14.1 Å². The molecule has 12 heteroatoms. The number of hydrogen-bond donors (Lipinski definition) is 2. The number of amides is 2. The molecule has 0 saturated carbocycles. The van der Waals surface area contributed by atoms with Gasteiger partial charge in [-0.1, -0.05) is 0 Å². The normalized spacial score (nSPS) is 11.5. The zero-order valence-corrected chi connectivity index (χ0v) is 18.4. The average molecular weight is 459 g/mol. The van der Waals surface area contributed by atoms with E-state index in [4.69, 9.17) is 5.73 Å². The Morgan fingerprint density at radius 2 is 1.94 bits per heavy atom. The molecule has 3 N–H and O–H groups in total. The highest BCUT2D eigenvalue weighted by Crippen LogP contribution is 2.43. The summed E-state index contributed by atoms with van der Waals surface area (Å²) in [5.41, 5.74) is 7.69. The number of rotatable bonds is 5. The molecule has 32 heavy (non-hydrogen) atoms. The molecule has 0 fully saturated rings. The van der Waals surface area contributed by atoms with Crippen LogP contribution in [0.2, 0.25) is 0 Å². The van der Waals surface area contributed by atoms with Gasteiger partial charge in [-0.05, 0) is 25.5 Å². The van der Waals surface area contributed by atoms with Gasteiger partial charge in [0.1, 0.15) is 15.4 Å². The highest BCUT2D eigenvalue weighted by Gasteiger charge is 2.27. The molecule has 0 aliphatic carbocycles. The van der Waals surface area contributed by atoms with Crippen molar-refractivity contribution in [1.29, 1.82) is 0 Å². The SMILES string of the molecule is Cc1nn(C)cc1C(=O)Nc1c(C(N)=O)sc2nc(C(F)F)cc(-c3cnn(C)c3C)c12. The maximum atomic E-state index is 13.6. The predicted molar refractivity (Wildman–Crippen MR) is 116 cm³/mol. The zero-order chi connectivity index (χ0) is 23.3. The highest BCUT2D eigenvalue weighted by atomic mass is 32.1. The maximum absolute atomic E-state index is 13.6. The molecular weight excluding hydrogens is 440 g/mol. The van der Waals surface area contributed by atoms with Crippen molar-refractivity contribution in [1.82, 2.24) is 24.5 Å². The Labute approximate surface area is 184 Å². The van der Waals surface area contributed by atoms with Crippen LogP contribution in [0.25, 0.3) is 21.3 Å². The summed E-state index contributed by atoms with van der Waals surface area (Å²) in [5.74, 6) is -1.32. The van der Waals surface area contributed by atoms with E-state index in [1.807, 2.05) is 0 Å². The summed E-state index contributed by atoms with van der Waals surface area (Å²) in [6.45, 7) is 3.46. The fourth-order valence-corrected chi connectivity index (χ4v) is 4.52. The van der Waals surface area contributed by atoms with Crippen LogP contribution in [0.3, 0.4) is 0 Å². The fraction of sp³-hybridized carbons (Fsp3) is 0.250. The molecule has 4 aromatic heterocycles. The molecule has 0 aliphatic rings. The number of primary amides is 1. The molecule has 0 aliphatic heterocycles. The number of aryl methyl sites for hydroxylation is 3. The molecule has 0 unspecified atom stereocenters. The number of alkyl halides is 2. The molecule has 0 spiro atoms. The minimum atomic E-state index is -2.83. The Morgan fingerprint density at radius 3 is 2.47 bits per heavy atom. The Hall–Kier alpha value is -3.67. The fourth-order valence-electron chi connectivity index (χ4n) is 3.50. The molecule has 0 saturated heterocycles. The van der Waals surface area contributed by atoms with Gasteiger partial charge in [0.15, 0.2) is 0 Å². The van der Waals surface area contributed by atoms with Crippen LogP contribution < -0.4 is 11.1 Å². The van der Waals surface area contributed by atoms with Crippen molar-refractivity contribution >= 4 is 39.1 Å². The lowest BCUT2D eigenvalue weighted by Gasteiger charge is -2.10. The summed E-state index contributed by atoms with van der Waals surface area (Å²) in [5, 5.41) is 11.4. The number of pyridine rings is 1. The Bertz CT molecular complexity index is 1390. The van der Waals surface area contributed by atoms with Gasteiger partial charge >= 0.3 is 0 Å². The van der Waals surface area contributed by atoms with Gasteiger partial charge in [-0.2, -0.15) is 10.2 Å². The van der Waals surface area contributed by atoms with Crippen LogP contribution in [0.4, 0.5) is 14.5 Å². The molecule has 0 bridgehead atoms. The van der Waals surface area contributed by atoms with Crippen LogP contribution in [0.1, 0.15) is 43.5 Å². The molecule has 166 valence electrons. The van der Waals surface area contributed by atoms with Gasteiger partial charge in [-0.25, -0.2) is 13.8 Å². The molecule has 4 aromatic rings. The molecule has 9 nitrogen and oxygen atoms in total. The first-order valence-electron chi connectivity index (χ1n) is 9.44. The van der Waals surface area contributed by atoms with Crippen LogP contribution in [0.15, 0.2) is 18.5 Å². The molecule has 4 rings (SSSR count). The summed E-state index contributed by atoms with van der Waals surface area (Å²) in [7, 11) is 3.40. The number of halogens is 2. The third-order valence-corrected chi connectivity index (χ3v) is 6.25. The number of fused-ring (bicyclic) bond motifs is 1. The van der Waals surface area contributed by atoms with Crippen LogP contribution >= 0.6 is 11.3 Å². The van der Waals surface area contributed by atoms with E-state index in [2.05, 4.69) is 20.5 Å². The van der Waals surface area contributed by atoms with E-state index in [-0.39, 0.29) is 15.4 Å².